The van der Waals surface area contributed by atoms with Crippen LogP contribution in [0.15, 0.2) is 30.3 Å². The topological polar surface area (TPSA) is 43.8 Å². The molecule has 1 aliphatic heterocycles. The summed E-state index contributed by atoms with van der Waals surface area (Å²) >= 11 is 0. The Labute approximate surface area is 127 Å². The molecular weight excluding hydrogens is 264 g/mol. The maximum Gasteiger partial charge on any atom is 0.225 e. The van der Waals surface area contributed by atoms with E-state index in [4.69, 9.17) is 0 Å². The van der Waals surface area contributed by atoms with Crippen molar-refractivity contribution >= 4 is 5.91 Å². The smallest absolute Gasteiger partial charge is 0.225 e. The molecule has 1 saturated heterocycles. The third-order valence-electron chi connectivity index (χ3n) is 4.41. The number of carbonyl (C=O) groups is 1. The molecule has 0 aliphatic carbocycles. The fourth-order valence-corrected chi connectivity index (χ4v) is 3.14. The molecular formula is C17H26N2O2. The van der Waals surface area contributed by atoms with Gasteiger partial charge in [-0.2, -0.15) is 0 Å². The van der Waals surface area contributed by atoms with E-state index in [0.29, 0.717) is 19.5 Å². The van der Waals surface area contributed by atoms with Gasteiger partial charge in [0.25, 0.3) is 0 Å². The molecule has 1 N–H and O–H groups in total. The van der Waals surface area contributed by atoms with Gasteiger partial charge in [0.05, 0.1) is 6.04 Å². The van der Waals surface area contributed by atoms with E-state index in [0.717, 1.165) is 5.56 Å². The Morgan fingerprint density at radius 2 is 1.95 bits per heavy atom. The lowest BCUT2D eigenvalue weighted by atomic mass is 9.79. The van der Waals surface area contributed by atoms with Crippen molar-refractivity contribution in [3.63, 3.8) is 0 Å². The Morgan fingerprint density at radius 1 is 1.33 bits per heavy atom. The van der Waals surface area contributed by atoms with Crippen molar-refractivity contribution in [3.8, 4) is 0 Å². The van der Waals surface area contributed by atoms with Gasteiger partial charge in [0, 0.05) is 19.0 Å². The van der Waals surface area contributed by atoms with Gasteiger partial charge in [-0.3, -0.25) is 4.79 Å². The molecule has 0 saturated carbocycles. The average molecular weight is 290 g/mol. The van der Waals surface area contributed by atoms with E-state index < -0.39 is 5.60 Å². The van der Waals surface area contributed by atoms with Gasteiger partial charge in [-0.15, -0.1) is 0 Å². The zero-order chi connectivity index (χ0) is 15.6. The van der Waals surface area contributed by atoms with Crippen LogP contribution in [0.2, 0.25) is 0 Å². The molecule has 1 aromatic rings. The van der Waals surface area contributed by atoms with Gasteiger partial charge < -0.3 is 14.9 Å². The number of nitrogens with zero attached hydrogens (tertiary/aromatic N) is 2. The first-order chi connectivity index (χ1) is 9.86. The summed E-state index contributed by atoms with van der Waals surface area (Å²) in [6.07, 6.45) is 0.568. The minimum Gasteiger partial charge on any atom is -0.383 e. The third kappa shape index (κ3) is 3.11. The number of carbonyl (C=O) groups excluding carboxylic acids is 1. The molecule has 1 aliphatic rings. The van der Waals surface area contributed by atoms with Crippen molar-refractivity contribution in [2.75, 3.05) is 27.2 Å². The van der Waals surface area contributed by atoms with Gasteiger partial charge in [-0.1, -0.05) is 44.2 Å². The molecule has 0 bridgehead atoms. The summed E-state index contributed by atoms with van der Waals surface area (Å²) in [5.41, 5.74) is 0.0266. The molecule has 1 aromatic carbocycles. The van der Waals surface area contributed by atoms with E-state index in [2.05, 4.69) is 0 Å². The standard InChI is InChI=1S/C17H26N2O2/c1-13(2)16(20)19-11-10-17(21,15(12-19)18(3)4)14-8-6-5-7-9-14/h5-9,13,15,21H,10-12H2,1-4H3/t15-,17+/m1/s1. The van der Waals surface area contributed by atoms with Gasteiger partial charge in [0.1, 0.15) is 5.60 Å². The fourth-order valence-electron chi connectivity index (χ4n) is 3.14. The van der Waals surface area contributed by atoms with Crippen molar-refractivity contribution < 1.29 is 9.90 Å². The van der Waals surface area contributed by atoms with Crippen molar-refractivity contribution in [1.29, 1.82) is 0 Å². The average Bonchev–Trinajstić information content (AvgIpc) is 2.47. The number of piperidine rings is 1. The highest BCUT2D eigenvalue weighted by atomic mass is 16.3. The van der Waals surface area contributed by atoms with Crippen LogP contribution in [0.3, 0.4) is 0 Å². The van der Waals surface area contributed by atoms with Crippen LogP contribution in [0.1, 0.15) is 25.8 Å². The van der Waals surface area contributed by atoms with E-state index in [1.807, 2.05) is 68.1 Å². The zero-order valence-electron chi connectivity index (χ0n) is 13.4. The number of rotatable bonds is 3. The van der Waals surface area contributed by atoms with E-state index in [-0.39, 0.29) is 17.9 Å². The van der Waals surface area contributed by atoms with Crippen LogP contribution in [-0.2, 0) is 10.4 Å². The summed E-state index contributed by atoms with van der Waals surface area (Å²) in [5.74, 6) is 0.160. The number of aliphatic hydroxyl groups is 1. The number of amides is 1. The van der Waals surface area contributed by atoms with Gasteiger partial charge in [0.15, 0.2) is 0 Å². The van der Waals surface area contributed by atoms with Crippen LogP contribution in [0.25, 0.3) is 0 Å². The Kier molecular flexibility index (Phi) is 4.69. The Bertz CT molecular complexity index is 487. The number of benzene rings is 1. The second kappa shape index (κ2) is 6.16. The zero-order valence-corrected chi connectivity index (χ0v) is 13.4. The predicted molar refractivity (Wildman–Crippen MR) is 83.8 cm³/mol. The maximum atomic E-state index is 12.2. The minimum atomic E-state index is -0.904. The second-order valence-electron chi connectivity index (χ2n) is 6.46. The normalized spacial score (nSPS) is 26.4. The second-order valence-corrected chi connectivity index (χ2v) is 6.46. The summed E-state index contributed by atoms with van der Waals surface area (Å²) in [5, 5.41) is 11.2. The molecule has 21 heavy (non-hydrogen) atoms. The fraction of sp³-hybridized carbons (Fsp3) is 0.588. The molecule has 1 amide bonds. The summed E-state index contributed by atoms with van der Waals surface area (Å²) < 4.78 is 0. The molecule has 0 radical (unpaired) electrons. The van der Waals surface area contributed by atoms with Crippen LogP contribution in [0.4, 0.5) is 0 Å². The van der Waals surface area contributed by atoms with Crippen molar-refractivity contribution in [2.45, 2.75) is 31.9 Å². The molecule has 4 heteroatoms. The Morgan fingerprint density at radius 3 is 2.48 bits per heavy atom. The molecule has 4 nitrogen and oxygen atoms in total. The summed E-state index contributed by atoms with van der Waals surface area (Å²) in [4.78, 5) is 16.1. The van der Waals surface area contributed by atoms with E-state index in [1.165, 1.54) is 0 Å². The summed E-state index contributed by atoms with van der Waals surface area (Å²) in [6, 6.07) is 9.69. The molecule has 0 unspecified atom stereocenters. The van der Waals surface area contributed by atoms with Crippen molar-refractivity contribution in [3.05, 3.63) is 35.9 Å². The first kappa shape index (κ1) is 16.0. The number of likely N-dealkylation sites (N-methyl/N-ethyl adjacent to an activating group) is 1. The summed E-state index contributed by atoms with van der Waals surface area (Å²) in [7, 11) is 3.92. The van der Waals surface area contributed by atoms with Crippen LogP contribution in [0, 0.1) is 5.92 Å². The third-order valence-corrected chi connectivity index (χ3v) is 4.41. The molecule has 2 atom stereocenters. The van der Waals surface area contributed by atoms with Crippen LogP contribution in [0.5, 0.6) is 0 Å². The lowest BCUT2D eigenvalue weighted by Gasteiger charge is -2.48. The van der Waals surface area contributed by atoms with E-state index >= 15 is 0 Å². The molecule has 2 rings (SSSR count). The highest BCUT2D eigenvalue weighted by Crippen LogP contribution is 2.35. The molecule has 116 valence electrons. The summed E-state index contributed by atoms with van der Waals surface area (Å²) in [6.45, 7) is 5.01. The quantitative estimate of drug-likeness (QED) is 0.921. The van der Waals surface area contributed by atoms with Gasteiger partial charge in [-0.05, 0) is 26.1 Å². The Balaban J connectivity index is 2.27. The lowest BCUT2D eigenvalue weighted by Crippen LogP contribution is -2.60. The highest BCUT2D eigenvalue weighted by Gasteiger charge is 2.45. The highest BCUT2D eigenvalue weighted by molar-refractivity contribution is 5.78. The van der Waals surface area contributed by atoms with Gasteiger partial charge in [-0.25, -0.2) is 0 Å². The molecule has 1 fully saturated rings. The van der Waals surface area contributed by atoms with Crippen molar-refractivity contribution in [2.24, 2.45) is 5.92 Å². The van der Waals surface area contributed by atoms with Crippen molar-refractivity contribution in [1.82, 2.24) is 9.80 Å². The maximum absolute atomic E-state index is 12.2. The van der Waals surface area contributed by atoms with Crippen LogP contribution < -0.4 is 0 Å². The molecule has 1 heterocycles. The minimum absolute atomic E-state index is 0.00395. The first-order valence-electron chi connectivity index (χ1n) is 7.59. The van der Waals surface area contributed by atoms with Gasteiger partial charge >= 0.3 is 0 Å². The van der Waals surface area contributed by atoms with Crippen LogP contribution >= 0.6 is 0 Å². The molecule has 0 spiro atoms. The Hall–Kier alpha value is -1.39. The lowest BCUT2D eigenvalue weighted by molar-refractivity contribution is -0.145. The van der Waals surface area contributed by atoms with E-state index in [1.54, 1.807) is 0 Å². The monoisotopic (exact) mass is 290 g/mol. The SMILES string of the molecule is CC(C)C(=O)N1CC[C@](O)(c2ccccc2)[C@H](N(C)C)C1. The number of hydrogen-bond acceptors (Lipinski definition) is 3. The molecule has 0 aromatic heterocycles. The van der Waals surface area contributed by atoms with E-state index in [9.17, 15) is 9.90 Å². The first-order valence-corrected chi connectivity index (χ1v) is 7.59. The van der Waals surface area contributed by atoms with Gasteiger partial charge in [0.2, 0.25) is 5.91 Å². The predicted octanol–water partition coefficient (Wildman–Crippen LogP) is 1.69. The number of likely N-dealkylation sites (tertiary alicyclic amines) is 1. The largest absolute Gasteiger partial charge is 0.383 e. The van der Waals surface area contributed by atoms with Crippen LogP contribution in [-0.4, -0.2) is 54.0 Å². The number of hydrogen-bond donors (Lipinski definition) is 1.